The zero-order valence-electron chi connectivity index (χ0n) is 12.1. The highest BCUT2D eigenvalue weighted by atomic mass is 19.1. The average Bonchev–Trinajstić information content (AvgIpc) is 3.26. The molecular formula is C16H19FN2O2. The molecule has 2 aliphatic rings. The second-order valence-corrected chi connectivity index (χ2v) is 6.13. The maximum absolute atomic E-state index is 13.3. The van der Waals surface area contributed by atoms with Crippen molar-refractivity contribution < 1.29 is 14.0 Å². The van der Waals surface area contributed by atoms with Crippen LogP contribution >= 0.6 is 0 Å². The van der Waals surface area contributed by atoms with E-state index in [4.69, 9.17) is 0 Å². The molecule has 1 unspecified atom stereocenters. The molecule has 1 aliphatic carbocycles. The summed E-state index contributed by atoms with van der Waals surface area (Å²) >= 11 is 0. The summed E-state index contributed by atoms with van der Waals surface area (Å²) in [5, 5.41) is 2.89. The van der Waals surface area contributed by atoms with Gasteiger partial charge in [0.2, 0.25) is 11.8 Å². The number of benzene rings is 1. The Kier molecular flexibility index (Phi) is 3.43. The molecule has 2 fully saturated rings. The molecule has 1 N–H and O–H groups in total. The highest BCUT2D eigenvalue weighted by Crippen LogP contribution is 2.41. The SMILES string of the molecule is CC1(C2CC2)NC(=O)CCN(Cc2cccc(F)c2)C1=O. The monoisotopic (exact) mass is 290 g/mol. The van der Waals surface area contributed by atoms with Crippen LogP contribution in [0.3, 0.4) is 0 Å². The zero-order valence-corrected chi connectivity index (χ0v) is 12.1. The molecule has 1 aromatic carbocycles. The van der Waals surface area contributed by atoms with Crippen molar-refractivity contribution in [3.05, 3.63) is 35.6 Å². The normalized spacial score (nSPS) is 26.5. The molecule has 21 heavy (non-hydrogen) atoms. The molecule has 5 heteroatoms. The Hall–Kier alpha value is -1.91. The van der Waals surface area contributed by atoms with E-state index in [9.17, 15) is 14.0 Å². The third kappa shape index (κ3) is 2.77. The van der Waals surface area contributed by atoms with Gasteiger partial charge in [-0.3, -0.25) is 9.59 Å². The number of halogens is 1. The van der Waals surface area contributed by atoms with Crippen molar-refractivity contribution in [2.75, 3.05) is 6.54 Å². The molecular weight excluding hydrogens is 271 g/mol. The summed E-state index contributed by atoms with van der Waals surface area (Å²) in [6.07, 6.45) is 2.23. The zero-order chi connectivity index (χ0) is 15.0. The maximum atomic E-state index is 13.3. The Morgan fingerprint density at radius 2 is 2.14 bits per heavy atom. The topological polar surface area (TPSA) is 49.4 Å². The number of amides is 2. The van der Waals surface area contributed by atoms with E-state index in [2.05, 4.69) is 5.32 Å². The van der Waals surface area contributed by atoms with Gasteiger partial charge in [0.15, 0.2) is 0 Å². The fourth-order valence-electron chi connectivity index (χ4n) is 3.02. The lowest BCUT2D eigenvalue weighted by atomic mass is 9.94. The van der Waals surface area contributed by atoms with Crippen molar-refractivity contribution in [1.29, 1.82) is 0 Å². The molecule has 1 saturated heterocycles. The fourth-order valence-corrected chi connectivity index (χ4v) is 3.02. The molecule has 2 amide bonds. The minimum Gasteiger partial charge on any atom is -0.342 e. The second kappa shape index (κ2) is 5.13. The standard InChI is InChI=1S/C16H19FN2O2/c1-16(12-5-6-12)15(21)19(8-7-14(20)18-16)10-11-3-2-4-13(17)9-11/h2-4,9,12H,5-8,10H2,1H3,(H,18,20). The molecule has 1 heterocycles. The largest absolute Gasteiger partial charge is 0.342 e. The number of carbonyl (C=O) groups excluding carboxylic acids is 2. The third-order valence-electron chi connectivity index (χ3n) is 4.40. The van der Waals surface area contributed by atoms with Gasteiger partial charge in [0.1, 0.15) is 11.4 Å². The van der Waals surface area contributed by atoms with Crippen LogP contribution in [-0.4, -0.2) is 28.8 Å². The van der Waals surface area contributed by atoms with Crippen LogP contribution in [0.4, 0.5) is 4.39 Å². The Labute approximate surface area is 123 Å². The first-order valence-electron chi connectivity index (χ1n) is 7.34. The second-order valence-electron chi connectivity index (χ2n) is 6.13. The molecule has 112 valence electrons. The van der Waals surface area contributed by atoms with Crippen molar-refractivity contribution in [1.82, 2.24) is 10.2 Å². The first-order valence-corrected chi connectivity index (χ1v) is 7.34. The van der Waals surface area contributed by atoms with Gasteiger partial charge in [-0.2, -0.15) is 0 Å². The van der Waals surface area contributed by atoms with Crippen LogP contribution in [0, 0.1) is 11.7 Å². The highest BCUT2D eigenvalue weighted by Gasteiger charge is 2.50. The van der Waals surface area contributed by atoms with Crippen LogP contribution in [0.2, 0.25) is 0 Å². The van der Waals surface area contributed by atoms with Crippen molar-refractivity contribution in [3.8, 4) is 0 Å². The van der Waals surface area contributed by atoms with E-state index in [0.717, 1.165) is 18.4 Å². The molecule has 1 aromatic rings. The third-order valence-corrected chi connectivity index (χ3v) is 4.40. The lowest BCUT2D eigenvalue weighted by molar-refractivity contribution is -0.139. The summed E-state index contributed by atoms with van der Waals surface area (Å²) < 4.78 is 13.3. The number of hydrogen-bond acceptors (Lipinski definition) is 2. The minimum atomic E-state index is -0.805. The van der Waals surface area contributed by atoms with Crippen molar-refractivity contribution in [2.24, 2.45) is 5.92 Å². The van der Waals surface area contributed by atoms with E-state index in [1.807, 2.05) is 6.92 Å². The number of rotatable bonds is 3. The molecule has 1 atom stereocenters. The number of hydrogen-bond donors (Lipinski definition) is 1. The Morgan fingerprint density at radius 3 is 2.81 bits per heavy atom. The van der Waals surface area contributed by atoms with Crippen molar-refractivity contribution >= 4 is 11.8 Å². The van der Waals surface area contributed by atoms with Gasteiger partial charge < -0.3 is 10.2 Å². The Balaban J connectivity index is 1.83. The predicted molar refractivity (Wildman–Crippen MR) is 75.7 cm³/mol. The summed E-state index contributed by atoms with van der Waals surface area (Å²) in [7, 11) is 0. The molecule has 0 aromatic heterocycles. The van der Waals surface area contributed by atoms with Gasteiger partial charge in [0.25, 0.3) is 0 Å². The van der Waals surface area contributed by atoms with Crippen molar-refractivity contribution in [2.45, 2.75) is 38.3 Å². The van der Waals surface area contributed by atoms with Crippen LogP contribution in [0.25, 0.3) is 0 Å². The average molecular weight is 290 g/mol. The van der Waals surface area contributed by atoms with Gasteiger partial charge in [0, 0.05) is 19.5 Å². The number of nitrogens with one attached hydrogen (secondary N) is 1. The van der Waals surface area contributed by atoms with Gasteiger partial charge >= 0.3 is 0 Å². The van der Waals surface area contributed by atoms with E-state index in [0.29, 0.717) is 19.5 Å². The number of carbonyl (C=O) groups is 2. The quantitative estimate of drug-likeness (QED) is 0.923. The first-order chi connectivity index (χ1) is 9.99. The molecule has 1 aliphatic heterocycles. The summed E-state index contributed by atoms with van der Waals surface area (Å²) in [6, 6.07) is 6.25. The lowest BCUT2D eigenvalue weighted by Crippen LogP contribution is -2.56. The van der Waals surface area contributed by atoms with Crippen LogP contribution in [0.15, 0.2) is 24.3 Å². The van der Waals surface area contributed by atoms with Crippen LogP contribution in [-0.2, 0) is 16.1 Å². The van der Waals surface area contributed by atoms with E-state index >= 15 is 0 Å². The highest BCUT2D eigenvalue weighted by molar-refractivity contribution is 5.93. The van der Waals surface area contributed by atoms with Gasteiger partial charge in [0.05, 0.1) is 0 Å². The lowest BCUT2D eigenvalue weighted by Gasteiger charge is -2.32. The molecule has 3 rings (SSSR count). The fraction of sp³-hybridized carbons (Fsp3) is 0.500. The van der Waals surface area contributed by atoms with Gasteiger partial charge in [-0.05, 0) is 43.4 Å². The van der Waals surface area contributed by atoms with E-state index in [-0.39, 0.29) is 23.5 Å². The minimum absolute atomic E-state index is 0.0555. The van der Waals surface area contributed by atoms with E-state index in [1.54, 1.807) is 17.0 Å². The maximum Gasteiger partial charge on any atom is 0.248 e. The van der Waals surface area contributed by atoms with E-state index < -0.39 is 5.54 Å². The smallest absolute Gasteiger partial charge is 0.248 e. The van der Waals surface area contributed by atoms with Gasteiger partial charge in [-0.25, -0.2) is 4.39 Å². The van der Waals surface area contributed by atoms with Crippen LogP contribution in [0.1, 0.15) is 31.7 Å². The summed E-state index contributed by atoms with van der Waals surface area (Å²) in [6.45, 7) is 2.53. The summed E-state index contributed by atoms with van der Waals surface area (Å²) in [5.74, 6) is -0.226. The molecule has 1 saturated carbocycles. The van der Waals surface area contributed by atoms with Gasteiger partial charge in [-0.1, -0.05) is 12.1 Å². The summed E-state index contributed by atoms with van der Waals surface area (Å²) in [5.41, 5.74) is -0.0585. The van der Waals surface area contributed by atoms with E-state index in [1.165, 1.54) is 12.1 Å². The molecule has 0 bridgehead atoms. The first kappa shape index (κ1) is 14.0. The van der Waals surface area contributed by atoms with Crippen LogP contribution in [0.5, 0.6) is 0 Å². The molecule has 0 spiro atoms. The number of nitrogens with zero attached hydrogens (tertiary/aromatic N) is 1. The van der Waals surface area contributed by atoms with Gasteiger partial charge in [-0.15, -0.1) is 0 Å². The molecule has 0 radical (unpaired) electrons. The Morgan fingerprint density at radius 1 is 1.38 bits per heavy atom. The Bertz CT molecular complexity index is 585. The summed E-state index contributed by atoms with van der Waals surface area (Å²) in [4.78, 5) is 26.4. The van der Waals surface area contributed by atoms with Crippen LogP contribution < -0.4 is 5.32 Å². The van der Waals surface area contributed by atoms with Crippen molar-refractivity contribution in [3.63, 3.8) is 0 Å². The molecule has 4 nitrogen and oxygen atoms in total. The predicted octanol–water partition coefficient (Wildman–Crippen LogP) is 1.84.